The molecule has 118 valence electrons. The first kappa shape index (κ1) is 14.5. The summed E-state index contributed by atoms with van der Waals surface area (Å²) in [5, 5.41) is 0.561. The third kappa shape index (κ3) is 2.54. The highest BCUT2D eigenvalue weighted by Gasteiger charge is 2.30. The van der Waals surface area contributed by atoms with E-state index in [-0.39, 0.29) is 0 Å². The maximum Gasteiger partial charge on any atom is 0.160 e. The third-order valence-electron chi connectivity index (χ3n) is 4.99. The molecule has 0 spiro atoms. The molecule has 0 bridgehead atoms. The maximum atomic E-state index is 4.98. The molecule has 22 heavy (non-hydrogen) atoms. The van der Waals surface area contributed by atoms with Crippen LogP contribution in [0.15, 0.2) is 18.3 Å². The molecule has 2 fully saturated rings. The van der Waals surface area contributed by atoms with E-state index in [2.05, 4.69) is 39.2 Å². The monoisotopic (exact) mass is 316 g/mol. The molecule has 4 heterocycles. The molecule has 0 N–H and O–H groups in total. The highest BCUT2D eigenvalue weighted by atomic mass is 32.2. The third-order valence-corrected chi connectivity index (χ3v) is 6.36. The van der Waals surface area contributed by atoms with Crippen molar-refractivity contribution in [2.24, 2.45) is 0 Å². The van der Waals surface area contributed by atoms with Gasteiger partial charge in [0.05, 0.1) is 5.25 Å². The number of pyridine rings is 1. The summed E-state index contributed by atoms with van der Waals surface area (Å²) in [6, 6.07) is 4.65. The predicted molar refractivity (Wildman–Crippen MR) is 92.3 cm³/mol. The normalized spacial score (nSPS) is 26.8. The Kier molecular flexibility index (Phi) is 4.09. The number of thioether (sulfide) groups is 1. The van der Waals surface area contributed by atoms with Gasteiger partial charge in [-0.3, -0.25) is 0 Å². The quantitative estimate of drug-likeness (QED) is 0.865. The molecule has 2 unspecified atom stereocenters. The molecular weight excluding hydrogens is 292 g/mol. The number of aromatic nitrogens is 3. The van der Waals surface area contributed by atoms with Crippen LogP contribution in [-0.2, 0) is 0 Å². The molecule has 4 nitrogen and oxygen atoms in total. The van der Waals surface area contributed by atoms with Crippen LogP contribution in [0.3, 0.4) is 0 Å². The Labute approximate surface area is 136 Å². The molecule has 0 radical (unpaired) electrons. The van der Waals surface area contributed by atoms with E-state index in [4.69, 9.17) is 4.98 Å². The molecule has 2 aliphatic rings. The molecule has 0 aliphatic carbocycles. The second-order valence-electron chi connectivity index (χ2n) is 6.38. The summed E-state index contributed by atoms with van der Waals surface area (Å²) in [6.07, 6.45) is 7.02. The zero-order valence-electron chi connectivity index (χ0n) is 13.2. The molecule has 5 heteroatoms. The van der Waals surface area contributed by atoms with Crippen molar-refractivity contribution in [2.75, 3.05) is 25.4 Å². The summed E-state index contributed by atoms with van der Waals surface area (Å²) in [7, 11) is 0. The molecule has 2 aliphatic heterocycles. The Balaban J connectivity index is 1.78. The molecule has 0 saturated carbocycles. The number of fused-ring (bicyclic) bond motifs is 1. The van der Waals surface area contributed by atoms with Gasteiger partial charge in [-0.05, 0) is 56.7 Å². The summed E-state index contributed by atoms with van der Waals surface area (Å²) in [5.74, 6) is 2.55. The lowest BCUT2D eigenvalue weighted by Crippen LogP contribution is -2.37. The zero-order valence-corrected chi connectivity index (χ0v) is 14.1. The van der Waals surface area contributed by atoms with Gasteiger partial charge in [-0.25, -0.2) is 9.97 Å². The van der Waals surface area contributed by atoms with Crippen molar-refractivity contribution in [3.05, 3.63) is 24.2 Å². The zero-order chi connectivity index (χ0) is 14.9. The molecule has 0 amide bonds. The molecule has 2 atom stereocenters. The van der Waals surface area contributed by atoms with Crippen LogP contribution in [0.25, 0.3) is 11.2 Å². The number of imidazole rings is 1. The van der Waals surface area contributed by atoms with Crippen molar-refractivity contribution in [3.63, 3.8) is 0 Å². The number of hydrogen-bond acceptors (Lipinski definition) is 4. The van der Waals surface area contributed by atoms with Crippen molar-refractivity contribution < 1.29 is 0 Å². The minimum Gasteiger partial charge on any atom is -0.307 e. The number of likely N-dealkylation sites (N-methyl/N-ethyl adjacent to an activating group) is 1. The molecular formula is C17H24N4S. The lowest BCUT2D eigenvalue weighted by Gasteiger charge is -2.33. The number of nitrogens with zero attached hydrogens (tertiary/aromatic N) is 4. The van der Waals surface area contributed by atoms with Gasteiger partial charge < -0.3 is 9.47 Å². The van der Waals surface area contributed by atoms with Crippen molar-refractivity contribution in [1.29, 1.82) is 0 Å². The van der Waals surface area contributed by atoms with Gasteiger partial charge in [0.25, 0.3) is 0 Å². The summed E-state index contributed by atoms with van der Waals surface area (Å²) in [6.45, 7) is 5.79. The van der Waals surface area contributed by atoms with Crippen LogP contribution in [0.4, 0.5) is 0 Å². The fourth-order valence-corrected chi connectivity index (χ4v) is 5.11. The first-order valence-corrected chi connectivity index (χ1v) is 9.58. The number of likely N-dealkylation sites (tertiary alicyclic amines) is 1. The average molecular weight is 316 g/mol. The van der Waals surface area contributed by atoms with Crippen LogP contribution in [-0.4, -0.2) is 44.8 Å². The van der Waals surface area contributed by atoms with E-state index >= 15 is 0 Å². The topological polar surface area (TPSA) is 34.0 Å². The van der Waals surface area contributed by atoms with E-state index in [0.717, 1.165) is 24.3 Å². The Morgan fingerprint density at radius 2 is 2.27 bits per heavy atom. The highest BCUT2D eigenvalue weighted by Crippen LogP contribution is 2.42. The Morgan fingerprint density at radius 1 is 1.32 bits per heavy atom. The van der Waals surface area contributed by atoms with Crippen LogP contribution >= 0.6 is 11.8 Å². The van der Waals surface area contributed by atoms with E-state index in [1.165, 1.54) is 43.8 Å². The fourth-order valence-electron chi connectivity index (χ4n) is 3.84. The van der Waals surface area contributed by atoms with Crippen LogP contribution < -0.4 is 0 Å². The second-order valence-corrected chi connectivity index (χ2v) is 7.69. The summed E-state index contributed by atoms with van der Waals surface area (Å²) in [5.41, 5.74) is 2.16. The number of rotatable bonds is 3. The molecule has 4 rings (SSSR count). The van der Waals surface area contributed by atoms with Gasteiger partial charge >= 0.3 is 0 Å². The van der Waals surface area contributed by atoms with Crippen molar-refractivity contribution >= 4 is 22.9 Å². The van der Waals surface area contributed by atoms with Gasteiger partial charge in [0.15, 0.2) is 5.65 Å². The van der Waals surface area contributed by atoms with Gasteiger partial charge in [-0.15, -0.1) is 0 Å². The summed E-state index contributed by atoms with van der Waals surface area (Å²) >= 11 is 2.07. The van der Waals surface area contributed by atoms with E-state index < -0.39 is 0 Å². The van der Waals surface area contributed by atoms with E-state index in [0.29, 0.717) is 11.3 Å². The van der Waals surface area contributed by atoms with E-state index in [1.54, 1.807) is 0 Å². The fraction of sp³-hybridized carbons (Fsp3) is 0.647. The predicted octanol–water partition coefficient (Wildman–Crippen LogP) is 3.66. The smallest absolute Gasteiger partial charge is 0.160 e. The molecule has 2 saturated heterocycles. The van der Waals surface area contributed by atoms with Gasteiger partial charge in [0.2, 0.25) is 0 Å². The second kappa shape index (κ2) is 6.20. The molecule has 2 aromatic heterocycles. The first-order valence-electron chi connectivity index (χ1n) is 8.53. The van der Waals surface area contributed by atoms with Crippen molar-refractivity contribution in [3.8, 4) is 0 Å². The lowest BCUT2D eigenvalue weighted by molar-refractivity contribution is 0.185. The summed E-state index contributed by atoms with van der Waals surface area (Å²) in [4.78, 5) is 12.2. The standard InChI is InChI=1S/C17H24N4S/c1-2-20-10-4-6-13(12-20)21-16-14(7-3-9-18-16)19-17(21)15-8-5-11-22-15/h3,7,9,13,15H,2,4-6,8,10-12H2,1H3. The Bertz CT molecular complexity index is 647. The van der Waals surface area contributed by atoms with Gasteiger partial charge in [-0.2, -0.15) is 11.8 Å². The number of piperidine rings is 1. The lowest BCUT2D eigenvalue weighted by atomic mass is 10.0. The van der Waals surface area contributed by atoms with Crippen LogP contribution in [0.5, 0.6) is 0 Å². The summed E-state index contributed by atoms with van der Waals surface area (Å²) < 4.78 is 2.49. The minimum atomic E-state index is 0.532. The minimum absolute atomic E-state index is 0.532. The van der Waals surface area contributed by atoms with E-state index in [9.17, 15) is 0 Å². The van der Waals surface area contributed by atoms with E-state index in [1.807, 2.05) is 12.3 Å². The van der Waals surface area contributed by atoms with Gasteiger partial charge in [0, 0.05) is 18.8 Å². The van der Waals surface area contributed by atoms with Crippen molar-refractivity contribution in [2.45, 2.75) is 43.9 Å². The van der Waals surface area contributed by atoms with Crippen LogP contribution in [0, 0.1) is 0 Å². The van der Waals surface area contributed by atoms with Gasteiger partial charge in [-0.1, -0.05) is 6.92 Å². The van der Waals surface area contributed by atoms with Crippen LogP contribution in [0.1, 0.15) is 49.7 Å². The largest absolute Gasteiger partial charge is 0.307 e. The Hall–Kier alpha value is -1.07. The average Bonchev–Trinajstić information content (AvgIpc) is 3.22. The first-order chi connectivity index (χ1) is 10.9. The van der Waals surface area contributed by atoms with Gasteiger partial charge in [0.1, 0.15) is 11.3 Å². The molecule has 2 aromatic rings. The number of hydrogen-bond donors (Lipinski definition) is 0. The maximum absolute atomic E-state index is 4.98. The van der Waals surface area contributed by atoms with Crippen LogP contribution in [0.2, 0.25) is 0 Å². The highest BCUT2D eigenvalue weighted by molar-refractivity contribution is 7.99. The van der Waals surface area contributed by atoms with Crippen molar-refractivity contribution in [1.82, 2.24) is 19.4 Å². The Morgan fingerprint density at radius 3 is 3.09 bits per heavy atom. The molecule has 0 aromatic carbocycles. The SMILES string of the molecule is CCN1CCCC(n2c(C3CCCS3)nc3cccnc32)C1.